The first-order valence-corrected chi connectivity index (χ1v) is 6.60. The topological polar surface area (TPSA) is 113 Å². The van der Waals surface area contributed by atoms with Gasteiger partial charge in [0.15, 0.2) is 0 Å². The Kier molecular flexibility index (Phi) is 6.22. The molecule has 0 amide bonds. The number of carboxylic acids is 1. The second-order valence-electron chi connectivity index (χ2n) is 3.90. The highest BCUT2D eigenvalue weighted by Gasteiger charge is 2.30. The van der Waals surface area contributed by atoms with E-state index in [1.54, 1.807) is 13.8 Å². The second kappa shape index (κ2) is 6.66. The van der Waals surface area contributed by atoms with Gasteiger partial charge in [-0.15, -0.1) is 0 Å². The fourth-order valence-electron chi connectivity index (χ4n) is 0.970. The van der Waals surface area contributed by atoms with Gasteiger partial charge in [0.1, 0.15) is 6.04 Å². The molecule has 18 heavy (non-hydrogen) atoms. The van der Waals surface area contributed by atoms with Gasteiger partial charge in [-0.1, -0.05) is 0 Å². The minimum atomic E-state index is -3.96. The number of methoxy groups -OCH3 is 1. The molecular formula is C9H18N2O6S. The average molecular weight is 282 g/mol. The summed E-state index contributed by atoms with van der Waals surface area (Å²) in [5.41, 5.74) is 0. The maximum atomic E-state index is 11.8. The first-order valence-electron chi connectivity index (χ1n) is 5.16. The van der Waals surface area contributed by atoms with E-state index < -0.39 is 34.6 Å². The molecule has 0 aliphatic heterocycles. The third-order valence-electron chi connectivity index (χ3n) is 2.29. The zero-order valence-corrected chi connectivity index (χ0v) is 11.5. The third-order valence-corrected chi connectivity index (χ3v) is 4.06. The van der Waals surface area contributed by atoms with Crippen LogP contribution in [-0.4, -0.2) is 56.0 Å². The van der Waals surface area contributed by atoms with Crippen LogP contribution < -0.4 is 4.72 Å². The van der Waals surface area contributed by atoms with Crippen molar-refractivity contribution < 1.29 is 27.9 Å². The lowest BCUT2D eigenvalue weighted by molar-refractivity contribution is -0.147. The van der Waals surface area contributed by atoms with Crippen LogP contribution >= 0.6 is 0 Å². The van der Waals surface area contributed by atoms with Crippen molar-refractivity contribution in [3.63, 3.8) is 0 Å². The van der Waals surface area contributed by atoms with Crippen molar-refractivity contribution in [1.82, 2.24) is 9.03 Å². The molecule has 0 rings (SSSR count). The average Bonchev–Trinajstić information content (AvgIpc) is 2.26. The summed E-state index contributed by atoms with van der Waals surface area (Å²) in [6, 6.07) is -1.89. The number of carbonyl (C=O) groups excluding carboxylic acids is 1. The van der Waals surface area contributed by atoms with E-state index in [9.17, 15) is 18.0 Å². The first-order chi connectivity index (χ1) is 8.11. The van der Waals surface area contributed by atoms with Gasteiger partial charge in [-0.25, -0.2) is 0 Å². The van der Waals surface area contributed by atoms with Crippen LogP contribution in [0.4, 0.5) is 0 Å². The van der Waals surface area contributed by atoms with Crippen molar-refractivity contribution >= 4 is 22.1 Å². The highest BCUT2D eigenvalue weighted by atomic mass is 32.2. The van der Waals surface area contributed by atoms with E-state index in [1.165, 1.54) is 7.05 Å². The molecule has 0 saturated heterocycles. The number of hydrogen-bond donors (Lipinski definition) is 2. The van der Waals surface area contributed by atoms with Crippen molar-refractivity contribution in [2.24, 2.45) is 0 Å². The van der Waals surface area contributed by atoms with Crippen LogP contribution in [0.25, 0.3) is 0 Å². The van der Waals surface area contributed by atoms with E-state index in [4.69, 9.17) is 5.11 Å². The second-order valence-corrected chi connectivity index (χ2v) is 5.67. The molecule has 0 fully saturated rings. The van der Waals surface area contributed by atoms with Gasteiger partial charge in [-0.3, -0.25) is 9.59 Å². The van der Waals surface area contributed by atoms with Crippen LogP contribution in [0.15, 0.2) is 0 Å². The Labute approximate surface area is 106 Å². The first kappa shape index (κ1) is 16.8. The number of carbonyl (C=O) groups is 2. The number of esters is 1. The largest absolute Gasteiger partial charge is 0.480 e. The maximum Gasteiger partial charge on any atom is 0.322 e. The predicted octanol–water partition coefficient (Wildman–Crippen LogP) is -0.823. The Morgan fingerprint density at radius 1 is 1.39 bits per heavy atom. The van der Waals surface area contributed by atoms with Gasteiger partial charge in [-0.2, -0.15) is 17.4 Å². The minimum absolute atomic E-state index is 0.338. The van der Waals surface area contributed by atoms with Crippen molar-refractivity contribution in [1.29, 1.82) is 0 Å². The zero-order valence-electron chi connectivity index (χ0n) is 10.7. The summed E-state index contributed by atoms with van der Waals surface area (Å²) in [7, 11) is -1.56. The van der Waals surface area contributed by atoms with E-state index >= 15 is 0 Å². The number of rotatable bonds is 7. The predicted molar refractivity (Wildman–Crippen MR) is 63.0 cm³/mol. The lowest BCUT2D eigenvalue weighted by Gasteiger charge is -2.23. The molecule has 0 unspecified atom stereocenters. The minimum Gasteiger partial charge on any atom is -0.480 e. The van der Waals surface area contributed by atoms with Crippen LogP contribution in [0, 0.1) is 0 Å². The van der Waals surface area contributed by atoms with Crippen LogP contribution in [-0.2, 0) is 24.5 Å². The number of nitrogens with one attached hydrogen (secondary N) is 1. The van der Waals surface area contributed by atoms with Crippen LogP contribution in [0.5, 0.6) is 0 Å². The quantitative estimate of drug-likeness (QED) is 0.590. The summed E-state index contributed by atoms with van der Waals surface area (Å²) in [6.45, 7) is 3.27. The number of hydrogen-bond acceptors (Lipinski definition) is 5. The van der Waals surface area contributed by atoms with Crippen molar-refractivity contribution in [2.45, 2.75) is 32.4 Å². The number of aliphatic carboxylic acids is 1. The number of ether oxygens (including phenoxy) is 1. The third kappa shape index (κ3) is 4.98. The Balaban J connectivity index is 4.89. The molecule has 0 heterocycles. The Morgan fingerprint density at radius 2 is 1.89 bits per heavy atom. The summed E-state index contributed by atoms with van der Waals surface area (Å²) in [6.07, 6.45) is -0.572. The highest BCUT2D eigenvalue weighted by Crippen LogP contribution is 2.04. The summed E-state index contributed by atoms with van der Waals surface area (Å²) in [4.78, 5) is 21.9. The molecule has 0 bridgehead atoms. The number of nitrogens with zero attached hydrogens (tertiary/aromatic N) is 1. The van der Waals surface area contributed by atoms with E-state index in [1.807, 2.05) is 4.72 Å². The van der Waals surface area contributed by atoms with Crippen LogP contribution in [0.3, 0.4) is 0 Å². The smallest absolute Gasteiger partial charge is 0.322 e. The van der Waals surface area contributed by atoms with Gasteiger partial charge in [0, 0.05) is 13.1 Å². The SMILES string of the molecule is COC(=O)C[C@H](NS(=O)(=O)N(C)C(C)C)C(=O)O. The fourth-order valence-corrected chi connectivity index (χ4v) is 2.23. The van der Waals surface area contributed by atoms with Gasteiger partial charge in [0.05, 0.1) is 13.5 Å². The summed E-state index contributed by atoms with van der Waals surface area (Å²) < 4.78 is 30.7. The molecule has 9 heteroatoms. The summed E-state index contributed by atoms with van der Waals surface area (Å²) >= 11 is 0. The summed E-state index contributed by atoms with van der Waals surface area (Å²) in [5, 5.41) is 8.85. The molecule has 0 aromatic rings. The molecule has 1 atom stereocenters. The fraction of sp³-hybridized carbons (Fsp3) is 0.778. The lowest BCUT2D eigenvalue weighted by Crippen LogP contribution is -2.49. The molecular weight excluding hydrogens is 264 g/mol. The normalized spacial score (nSPS) is 13.7. The van der Waals surface area contributed by atoms with E-state index in [2.05, 4.69) is 4.74 Å². The van der Waals surface area contributed by atoms with Gasteiger partial charge >= 0.3 is 11.9 Å². The van der Waals surface area contributed by atoms with E-state index in [0.717, 1.165) is 11.4 Å². The van der Waals surface area contributed by atoms with E-state index in [0.29, 0.717) is 0 Å². The summed E-state index contributed by atoms with van der Waals surface area (Å²) in [5.74, 6) is -2.25. The molecule has 0 spiro atoms. The Hall–Kier alpha value is -1.19. The van der Waals surface area contributed by atoms with Crippen molar-refractivity contribution in [3.05, 3.63) is 0 Å². The molecule has 0 saturated carbocycles. The van der Waals surface area contributed by atoms with Gasteiger partial charge in [0.2, 0.25) is 0 Å². The molecule has 0 aliphatic rings. The van der Waals surface area contributed by atoms with Crippen molar-refractivity contribution in [3.8, 4) is 0 Å². The van der Waals surface area contributed by atoms with E-state index in [-0.39, 0.29) is 6.04 Å². The van der Waals surface area contributed by atoms with Crippen LogP contribution in [0.2, 0.25) is 0 Å². The molecule has 106 valence electrons. The standard InChI is InChI=1S/C9H18N2O6S/c1-6(2)11(3)18(15,16)10-7(9(13)14)5-8(12)17-4/h6-7,10H,5H2,1-4H3,(H,13,14)/t7-/m0/s1. The number of carboxylic acid groups (broad SMARTS) is 1. The monoisotopic (exact) mass is 282 g/mol. The lowest BCUT2D eigenvalue weighted by atomic mass is 10.2. The molecule has 2 N–H and O–H groups in total. The molecule has 8 nitrogen and oxygen atoms in total. The molecule has 0 aromatic carbocycles. The Bertz CT molecular complexity index is 405. The highest BCUT2D eigenvalue weighted by molar-refractivity contribution is 7.87. The molecule has 0 radical (unpaired) electrons. The molecule has 0 aromatic heterocycles. The zero-order chi connectivity index (χ0) is 14.5. The maximum absolute atomic E-state index is 11.8. The van der Waals surface area contributed by atoms with Gasteiger partial charge in [-0.05, 0) is 13.8 Å². The van der Waals surface area contributed by atoms with Gasteiger partial charge < -0.3 is 9.84 Å². The van der Waals surface area contributed by atoms with Crippen molar-refractivity contribution in [2.75, 3.05) is 14.2 Å². The van der Waals surface area contributed by atoms with Gasteiger partial charge in [0.25, 0.3) is 10.2 Å². The Morgan fingerprint density at radius 3 is 2.22 bits per heavy atom. The van der Waals surface area contributed by atoms with Crippen LogP contribution in [0.1, 0.15) is 20.3 Å². The molecule has 0 aliphatic carbocycles.